The lowest BCUT2D eigenvalue weighted by Gasteiger charge is -2.01. The van der Waals surface area contributed by atoms with Gasteiger partial charge in [-0.15, -0.1) is 11.3 Å². The van der Waals surface area contributed by atoms with Crippen LogP contribution >= 0.6 is 11.3 Å². The van der Waals surface area contributed by atoms with E-state index in [1.54, 1.807) is 10.9 Å². The first-order valence-corrected chi connectivity index (χ1v) is 6.15. The van der Waals surface area contributed by atoms with Crippen LogP contribution in [0.15, 0.2) is 6.20 Å². The number of aromatic nitrogens is 2. The van der Waals surface area contributed by atoms with Gasteiger partial charge in [-0.3, -0.25) is 0 Å². The van der Waals surface area contributed by atoms with Gasteiger partial charge in [0, 0.05) is 16.0 Å². The van der Waals surface area contributed by atoms with Crippen molar-refractivity contribution >= 4 is 17.0 Å². The van der Waals surface area contributed by atoms with Gasteiger partial charge >= 0.3 is 0 Å². The van der Waals surface area contributed by atoms with Crippen molar-refractivity contribution in [1.29, 1.82) is 0 Å². The van der Waals surface area contributed by atoms with Crippen molar-refractivity contribution in [1.82, 2.24) is 9.78 Å². The minimum absolute atomic E-state index is 0.259. The summed E-state index contributed by atoms with van der Waals surface area (Å²) in [5.41, 5.74) is 2.01. The van der Waals surface area contributed by atoms with E-state index in [9.17, 15) is 5.11 Å². The number of hydrogen-bond acceptors (Lipinski definition) is 3. The summed E-state index contributed by atoms with van der Waals surface area (Å²) in [4.78, 5) is 5.31. The Morgan fingerprint density at radius 1 is 1.47 bits per heavy atom. The smallest absolute Gasteiger partial charge is 0.227 e. The third kappa shape index (κ3) is 1.81. The van der Waals surface area contributed by atoms with Crippen LogP contribution in [0.3, 0.4) is 0 Å². The van der Waals surface area contributed by atoms with Crippen LogP contribution in [0.2, 0.25) is 0 Å². The Morgan fingerprint density at radius 3 is 2.59 bits per heavy atom. The first kappa shape index (κ1) is 11.7. The average molecular weight is 247 g/mol. The molecule has 2 heterocycles. The lowest BCUT2D eigenvalue weighted by molar-refractivity contribution is 0.469. The summed E-state index contributed by atoms with van der Waals surface area (Å²) in [5.74, 6) is 0.259. The molecule has 0 radical (unpaired) electrons. The highest BCUT2D eigenvalue weighted by Gasteiger charge is 2.16. The van der Waals surface area contributed by atoms with Crippen LogP contribution in [0.1, 0.15) is 22.4 Å². The molecule has 0 saturated heterocycles. The molecule has 0 amide bonds. The van der Waals surface area contributed by atoms with E-state index in [1.165, 1.54) is 11.3 Å². The van der Waals surface area contributed by atoms with E-state index in [0.717, 1.165) is 15.4 Å². The molecule has 0 aromatic carbocycles. The van der Waals surface area contributed by atoms with Gasteiger partial charge in [0.2, 0.25) is 5.69 Å². The Labute approximate surface area is 104 Å². The minimum atomic E-state index is 0.259. The molecule has 0 unspecified atom stereocenters. The standard InChI is InChI=1S/C12H13N3OS/c1-5-9-10(13-4)6-15(14-9)11-7(2)17-8(3)12(11)16/h6,16H,5H2,1-3H3. The summed E-state index contributed by atoms with van der Waals surface area (Å²) in [6.45, 7) is 12.9. The first-order valence-electron chi connectivity index (χ1n) is 5.33. The van der Waals surface area contributed by atoms with Gasteiger partial charge in [0.25, 0.3) is 0 Å². The summed E-state index contributed by atoms with van der Waals surface area (Å²) >= 11 is 1.53. The van der Waals surface area contributed by atoms with Gasteiger partial charge in [-0.05, 0) is 20.3 Å². The summed E-state index contributed by atoms with van der Waals surface area (Å²) in [7, 11) is 0. The van der Waals surface area contributed by atoms with Crippen LogP contribution in [-0.4, -0.2) is 14.9 Å². The Morgan fingerprint density at radius 2 is 2.18 bits per heavy atom. The highest BCUT2D eigenvalue weighted by atomic mass is 32.1. The van der Waals surface area contributed by atoms with Gasteiger partial charge in [-0.25, -0.2) is 9.53 Å². The van der Waals surface area contributed by atoms with Crippen LogP contribution in [0.4, 0.5) is 5.69 Å². The van der Waals surface area contributed by atoms with Crippen LogP contribution < -0.4 is 0 Å². The van der Waals surface area contributed by atoms with Gasteiger partial charge in [0.1, 0.15) is 5.69 Å². The van der Waals surface area contributed by atoms with Gasteiger partial charge < -0.3 is 5.11 Å². The molecule has 17 heavy (non-hydrogen) atoms. The molecule has 2 aromatic rings. The predicted molar refractivity (Wildman–Crippen MR) is 68.2 cm³/mol. The number of hydrogen-bond donors (Lipinski definition) is 1. The van der Waals surface area contributed by atoms with E-state index in [2.05, 4.69) is 9.94 Å². The normalized spacial score (nSPS) is 10.5. The third-order valence-electron chi connectivity index (χ3n) is 2.65. The van der Waals surface area contributed by atoms with Crippen LogP contribution in [0.5, 0.6) is 5.75 Å². The molecule has 88 valence electrons. The van der Waals surface area contributed by atoms with Gasteiger partial charge in [-0.1, -0.05) is 6.92 Å². The Hall–Kier alpha value is -1.80. The maximum Gasteiger partial charge on any atom is 0.227 e. The second kappa shape index (κ2) is 4.22. The molecule has 0 atom stereocenters. The molecule has 0 fully saturated rings. The third-order valence-corrected chi connectivity index (χ3v) is 3.65. The zero-order valence-electron chi connectivity index (χ0n) is 9.98. The van der Waals surface area contributed by atoms with E-state index in [1.807, 2.05) is 20.8 Å². The summed E-state index contributed by atoms with van der Waals surface area (Å²) in [6, 6.07) is 0. The fourth-order valence-electron chi connectivity index (χ4n) is 1.79. The fourth-order valence-corrected chi connectivity index (χ4v) is 2.73. The van der Waals surface area contributed by atoms with Crippen LogP contribution in [-0.2, 0) is 6.42 Å². The molecule has 0 spiro atoms. The maximum atomic E-state index is 9.99. The lowest BCUT2D eigenvalue weighted by Crippen LogP contribution is -1.96. The topological polar surface area (TPSA) is 42.4 Å². The SMILES string of the molecule is [C-]#[N+]c1cn(-c2c(C)sc(C)c2O)nc1CC. The summed E-state index contributed by atoms with van der Waals surface area (Å²) in [6.07, 6.45) is 2.40. The average Bonchev–Trinajstić information content (AvgIpc) is 2.81. The van der Waals surface area contributed by atoms with E-state index in [-0.39, 0.29) is 5.75 Å². The quantitative estimate of drug-likeness (QED) is 0.827. The van der Waals surface area contributed by atoms with Gasteiger partial charge in [0.15, 0.2) is 5.75 Å². The monoisotopic (exact) mass is 247 g/mol. The summed E-state index contributed by atoms with van der Waals surface area (Å²) < 4.78 is 1.61. The van der Waals surface area contributed by atoms with Crippen molar-refractivity contribution in [2.45, 2.75) is 27.2 Å². The predicted octanol–water partition coefficient (Wildman–Crippen LogP) is 3.37. The zero-order valence-corrected chi connectivity index (χ0v) is 10.8. The number of aromatic hydroxyl groups is 1. The molecule has 0 saturated carbocycles. The maximum absolute atomic E-state index is 9.99. The Balaban J connectivity index is 2.61. The highest BCUT2D eigenvalue weighted by Crippen LogP contribution is 2.37. The van der Waals surface area contributed by atoms with Crippen LogP contribution in [0.25, 0.3) is 10.5 Å². The molecule has 0 aliphatic carbocycles. The van der Waals surface area contributed by atoms with Gasteiger partial charge in [0.05, 0.1) is 12.3 Å². The molecule has 4 nitrogen and oxygen atoms in total. The van der Waals surface area contributed by atoms with E-state index >= 15 is 0 Å². The van der Waals surface area contributed by atoms with Crippen molar-refractivity contribution in [3.8, 4) is 11.4 Å². The second-order valence-electron chi connectivity index (χ2n) is 3.78. The highest BCUT2D eigenvalue weighted by molar-refractivity contribution is 7.12. The number of nitrogens with zero attached hydrogens (tertiary/aromatic N) is 3. The minimum Gasteiger partial charge on any atom is -0.505 e. The molecule has 2 aromatic heterocycles. The lowest BCUT2D eigenvalue weighted by atomic mass is 10.3. The van der Waals surface area contributed by atoms with Crippen molar-refractivity contribution < 1.29 is 5.11 Å². The second-order valence-corrected chi connectivity index (χ2v) is 5.21. The summed E-state index contributed by atoms with van der Waals surface area (Å²) in [5, 5.41) is 14.3. The van der Waals surface area contributed by atoms with Crippen molar-refractivity contribution in [2.75, 3.05) is 0 Å². The largest absolute Gasteiger partial charge is 0.505 e. The molecule has 2 rings (SSSR count). The number of rotatable bonds is 2. The first-order chi connectivity index (χ1) is 8.08. The van der Waals surface area contributed by atoms with Crippen molar-refractivity contribution in [3.63, 3.8) is 0 Å². The molecule has 5 heteroatoms. The molecular weight excluding hydrogens is 234 g/mol. The zero-order chi connectivity index (χ0) is 12.6. The number of thiophene rings is 1. The van der Waals surface area contributed by atoms with E-state index < -0.39 is 0 Å². The Bertz CT molecular complexity index is 604. The molecule has 0 aliphatic heterocycles. The molecule has 0 bridgehead atoms. The van der Waals surface area contributed by atoms with E-state index in [4.69, 9.17) is 6.57 Å². The molecular formula is C12H13N3OS. The number of aryl methyl sites for hydroxylation is 3. The van der Waals surface area contributed by atoms with Crippen molar-refractivity contribution in [3.05, 3.63) is 33.1 Å². The fraction of sp³-hybridized carbons (Fsp3) is 0.333. The van der Waals surface area contributed by atoms with Crippen molar-refractivity contribution in [2.24, 2.45) is 0 Å². The van der Waals surface area contributed by atoms with Crippen LogP contribution in [0, 0.1) is 20.4 Å². The van der Waals surface area contributed by atoms with Gasteiger partial charge in [-0.2, -0.15) is 5.10 Å². The van der Waals surface area contributed by atoms with E-state index in [0.29, 0.717) is 17.8 Å². The molecule has 0 aliphatic rings. The molecule has 1 N–H and O–H groups in total. The Kier molecular flexibility index (Phi) is 2.90.